The zero-order chi connectivity index (χ0) is 45.8. The van der Waals surface area contributed by atoms with Crippen molar-refractivity contribution in [1.82, 2.24) is 5.32 Å². The molecule has 2 atom stereocenters. The fraction of sp³-hybridized carbons (Fsp3) is 0.825. The van der Waals surface area contributed by atoms with Gasteiger partial charge in [0, 0.05) is 12.8 Å². The van der Waals surface area contributed by atoms with Crippen molar-refractivity contribution in [2.75, 3.05) is 13.2 Å². The van der Waals surface area contributed by atoms with Gasteiger partial charge in [-0.3, -0.25) is 9.59 Å². The van der Waals surface area contributed by atoms with E-state index in [2.05, 4.69) is 67.8 Å². The summed E-state index contributed by atoms with van der Waals surface area (Å²) in [7, 11) is 0. The molecule has 2 unspecified atom stereocenters. The van der Waals surface area contributed by atoms with Gasteiger partial charge in [0.05, 0.1) is 25.4 Å². The fourth-order valence-corrected chi connectivity index (χ4v) is 8.13. The minimum atomic E-state index is -0.680. The number of allylic oxidation sites excluding steroid dienone is 8. The Morgan fingerprint density at radius 1 is 0.460 bits per heavy atom. The highest BCUT2D eigenvalue weighted by atomic mass is 16.5. The number of hydrogen-bond donors (Lipinski definition) is 3. The number of esters is 1. The van der Waals surface area contributed by atoms with E-state index in [1.807, 2.05) is 0 Å². The molecule has 1 amide bonds. The molecule has 0 aliphatic carbocycles. The lowest BCUT2D eigenvalue weighted by atomic mass is 10.0. The summed E-state index contributed by atoms with van der Waals surface area (Å²) in [6.07, 6.45) is 65.1. The molecule has 0 aromatic heterocycles. The Labute approximate surface area is 391 Å². The van der Waals surface area contributed by atoms with Crippen molar-refractivity contribution in [2.45, 2.75) is 289 Å². The first kappa shape index (κ1) is 60.8. The second-order valence-corrected chi connectivity index (χ2v) is 18.6. The fourth-order valence-electron chi connectivity index (χ4n) is 8.13. The Morgan fingerprint density at radius 2 is 0.841 bits per heavy atom. The van der Waals surface area contributed by atoms with Gasteiger partial charge < -0.3 is 20.3 Å². The number of hydrogen-bond acceptors (Lipinski definition) is 5. The number of aliphatic hydroxyl groups is 2. The standard InChI is InChI=1S/C57H105NO5/c1-3-5-7-9-11-13-15-17-19-22-25-29-33-37-41-45-49-55(60)54(53-59)58-56(61)50-46-42-38-34-30-26-23-20-24-28-32-36-40-44-48-52-63-57(62)51-47-43-39-35-31-27-21-18-16-14-12-10-8-6-4-2/h12,14,18,20-21,24,28,32,54-55,59-60H,3-11,13,15-17,19,22-23,25-27,29-31,33-53H2,1-2H3,(H,58,61)/b14-12-,21-18-,24-20-,32-28-. The molecule has 0 fully saturated rings. The first-order valence-electron chi connectivity index (χ1n) is 27.4. The van der Waals surface area contributed by atoms with Crippen molar-refractivity contribution in [1.29, 1.82) is 0 Å². The molecule has 0 spiro atoms. The smallest absolute Gasteiger partial charge is 0.305 e. The average molecular weight is 884 g/mol. The van der Waals surface area contributed by atoms with E-state index in [0.29, 0.717) is 25.9 Å². The van der Waals surface area contributed by atoms with Crippen LogP contribution in [-0.2, 0) is 14.3 Å². The van der Waals surface area contributed by atoms with E-state index in [1.54, 1.807) is 0 Å². The first-order chi connectivity index (χ1) is 31.0. The normalized spacial score (nSPS) is 13.0. The van der Waals surface area contributed by atoms with Crippen LogP contribution in [0.25, 0.3) is 0 Å². The van der Waals surface area contributed by atoms with E-state index in [9.17, 15) is 19.8 Å². The summed E-state index contributed by atoms with van der Waals surface area (Å²) in [6, 6.07) is -0.559. The molecule has 6 nitrogen and oxygen atoms in total. The molecule has 0 aliphatic rings. The van der Waals surface area contributed by atoms with Gasteiger partial charge in [0.1, 0.15) is 0 Å². The summed E-state index contributed by atoms with van der Waals surface area (Å²) in [5.74, 6) is -0.0942. The molecule has 0 aliphatic heterocycles. The van der Waals surface area contributed by atoms with Crippen LogP contribution in [0.15, 0.2) is 48.6 Å². The van der Waals surface area contributed by atoms with Gasteiger partial charge in [-0.1, -0.05) is 223 Å². The van der Waals surface area contributed by atoms with Crippen LogP contribution in [0.1, 0.15) is 277 Å². The van der Waals surface area contributed by atoms with Crippen LogP contribution < -0.4 is 5.32 Å². The molecule has 6 heteroatoms. The molecule has 0 saturated carbocycles. The number of unbranched alkanes of at least 4 members (excludes halogenated alkanes) is 32. The summed E-state index contributed by atoms with van der Waals surface area (Å²) >= 11 is 0. The molecule has 3 N–H and O–H groups in total. The number of aliphatic hydroxyl groups excluding tert-OH is 2. The molecule has 0 radical (unpaired) electrons. The largest absolute Gasteiger partial charge is 0.466 e. The lowest BCUT2D eigenvalue weighted by Gasteiger charge is -2.22. The van der Waals surface area contributed by atoms with Crippen molar-refractivity contribution in [3.05, 3.63) is 48.6 Å². The second kappa shape index (κ2) is 52.4. The summed E-state index contributed by atoms with van der Waals surface area (Å²) in [5.41, 5.74) is 0. The van der Waals surface area contributed by atoms with Gasteiger partial charge >= 0.3 is 5.97 Å². The topological polar surface area (TPSA) is 95.9 Å². The van der Waals surface area contributed by atoms with Crippen LogP contribution in [0, 0.1) is 0 Å². The number of amides is 1. The summed E-state index contributed by atoms with van der Waals surface area (Å²) in [6.45, 7) is 4.86. The Morgan fingerprint density at radius 3 is 1.33 bits per heavy atom. The van der Waals surface area contributed by atoms with Gasteiger partial charge in [-0.05, 0) is 89.9 Å². The van der Waals surface area contributed by atoms with Crippen molar-refractivity contribution in [2.24, 2.45) is 0 Å². The SMILES string of the molecule is CCCCC/C=C\C/C=C\CCCCCCCC(=O)OCCCCC/C=C\C=C/CCCCCCCCC(=O)NC(CO)C(O)CCCCCCCCCCCCCCCCCC. The van der Waals surface area contributed by atoms with Crippen molar-refractivity contribution < 1.29 is 24.5 Å². The highest BCUT2D eigenvalue weighted by molar-refractivity contribution is 5.76. The quantitative estimate of drug-likeness (QED) is 0.0245. The summed E-state index contributed by atoms with van der Waals surface area (Å²) in [5, 5.41) is 23.2. The van der Waals surface area contributed by atoms with Gasteiger partial charge in [-0.2, -0.15) is 0 Å². The van der Waals surface area contributed by atoms with E-state index in [-0.39, 0.29) is 18.5 Å². The molecular formula is C57H105NO5. The number of ether oxygens (including phenoxy) is 1. The van der Waals surface area contributed by atoms with Gasteiger partial charge in [-0.15, -0.1) is 0 Å². The van der Waals surface area contributed by atoms with Crippen molar-refractivity contribution >= 4 is 11.9 Å². The molecule has 0 saturated heterocycles. The third-order valence-corrected chi connectivity index (χ3v) is 12.4. The minimum Gasteiger partial charge on any atom is -0.466 e. The van der Waals surface area contributed by atoms with E-state index in [0.717, 1.165) is 89.9 Å². The number of rotatable bonds is 50. The van der Waals surface area contributed by atoms with Crippen molar-refractivity contribution in [3.8, 4) is 0 Å². The van der Waals surface area contributed by atoms with Crippen LogP contribution in [0.3, 0.4) is 0 Å². The Bertz CT molecular complexity index is 1070. The predicted molar refractivity (Wildman–Crippen MR) is 273 cm³/mol. The van der Waals surface area contributed by atoms with Crippen LogP contribution in [0.5, 0.6) is 0 Å². The van der Waals surface area contributed by atoms with Gasteiger partial charge in [0.15, 0.2) is 0 Å². The van der Waals surface area contributed by atoms with Crippen molar-refractivity contribution in [3.63, 3.8) is 0 Å². The molecule has 0 aromatic rings. The Kier molecular flexibility index (Phi) is 50.6. The van der Waals surface area contributed by atoms with Crippen LogP contribution in [0.2, 0.25) is 0 Å². The highest BCUT2D eigenvalue weighted by Crippen LogP contribution is 2.16. The molecule has 63 heavy (non-hydrogen) atoms. The van der Waals surface area contributed by atoms with E-state index < -0.39 is 12.1 Å². The molecular weight excluding hydrogens is 779 g/mol. The molecule has 0 rings (SSSR count). The Balaban J connectivity index is 3.54. The summed E-state index contributed by atoms with van der Waals surface area (Å²) in [4.78, 5) is 24.5. The molecule has 368 valence electrons. The first-order valence-corrected chi connectivity index (χ1v) is 27.4. The lowest BCUT2D eigenvalue weighted by Crippen LogP contribution is -2.45. The number of carbonyl (C=O) groups excluding carboxylic acids is 2. The van der Waals surface area contributed by atoms with Crippen LogP contribution >= 0.6 is 0 Å². The third kappa shape index (κ3) is 49.1. The monoisotopic (exact) mass is 884 g/mol. The predicted octanol–water partition coefficient (Wildman–Crippen LogP) is 16.6. The lowest BCUT2D eigenvalue weighted by molar-refractivity contribution is -0.143. The van der Waals surface area contributed by atoms with Crippen LogP contribution in [0.4, 0.5) is 0 Å². The zero-order valence-corrected chi connectivity index (χ0v) is 41.8. The average Bonchev–Trinajstić information content (AvgIpc) is 3.28. The van der Waals surface area contributed by atoms with Crippen LogP contribution in [-0.4, -0.2) is 47.4 Å². The van der Waals surface area contributed by atoms with Gasteiger partial charge in [0.2, 0.25) is 5.91 Å². The maximum Gasteiger partial charge on any atom is 0.305 e. The Hall–Kier alpha value is -2.18. The van der Waals surface area contributed by atoms with E-state index in [1.165, 1.54) is 154 Å². The highest BCUT2D eigenvalue weighted by Gasteiger charge is 2.20. The zero-order valence-electron chi connectivity index (χ0n) is 41.8. The third-order valence-electron chi connectivity index (χ3n) is 12.4. The number of carbonyl (C=O) groups is 2. The maximum atomic E-state index is 12.5. The molecule has 0 bridgehead atoms. The molecule has 0 aromatic carbocycles. The molecule has 0 heterocycles. The van der Waals surface area contributed by atoms with E-state index >= 15 is 0 Å². The number of nitrogens with one attached hydrogen (secondary N) is 1. The minimum absolute atomic E-state index is 0.0361. The van der Waals surface area contributed by atoms with Gasteiger partial charge in [-0.25, -0.2) is 0 Å². The second-order valence-electron chi connectivity index (χ2n) is 18.6. The van der Waals surface area contributed by atoms with Gasteiger partial charge in [0.25, 0.3) is 0 Å². The maximum absolute atomic E-state index is 12.5. The summed E-state index contributed by atoms with van der Waals surface area (Å²) < 4.78 is 5.44. The van der Waals surface area contributed by atoms with E-state index in [4.69, 9.17) is 4.74 Å².